The quantitative estimate of drug-likeness (QED) is 0.870. The van der Waals surface area contributed by atoms with Crippen molar-refractivity contribution in [2.24, 2.45) is 5.18 Å². The van der Waals surface area contributed by atoms with Gasteiger partial charge in [0.05, 0.1) is 4.88 Å². The number of halogens is 1. The van der Waals surface area contributed by atoms with Gasteiger partial charge in [-0.3, -0.25) is 10.1 Å². The van der Waals surface area contributed by atoms with Gasteiger partial charge in [0.1, 0.15) is 0 Å². The Morgan fingerprint density at radius 1 is 1.56 bits per heavy atom. The third-order valence-electron chi connectivity index (χ3n) is 1.62. The Bertz CT molecular complexity index is 523. The van der Waals surface area contributed by atoms with E-state index in [9.17, 15) is 9.70 Å². The molecule has 2 heterocycles. The van der Waals surface area contributed by atoms with E-state index in [1.807, 2.05) is 0 Å². The lowest BCUT2D eigenvalue weighted by Gasteiger charge is -1.96. The van der Waals surface area contributed by atoms with Crippen LogP contribution in [0.4, 0.5) is 10.1 Å². The van der Waals surface area contributed by atoms with Gasteiger partial charge in [0.2, 0.25) is 5.00 Å². The summed E-state index contributed by atoms with van der Waals surface area (Å²) in [6.07, 6.45) is 0. The molecule has 0 aliphatic heterocycles. The van der Waals surface area contributed by atoms with E-state index in [1.165, 1.54) is 11.3 Å². The minimum Gasteiger partial charge on any atom is -0.297 e. The Hall–Kier alpha value is -1.31. The summed E-state index contributed by atoms with van der Waals surface area (Å²) >= 11 is 7.86. The molecule has 0 fully saturated rings. The van der Waals surface area contributed by atoms with Gasteiger partial charge in [-0.1, -0.05) is 29.0 Å². The average molecular weight is 274 g/mol. The lowest BCUT2D eigenvalue weighted by molar-refractivity contribution is 0.103. The molecular weight excluding hydrogens is 270 g/mol. The molecule has 1 amide bonds. The van der Waals surface area contributed by atoms with Crippen LogP contribution < -0.4 is 5.32 Å². The molecule has 0 radical (unpaired) electrons. The number of rotatable bonds is 3. The number of thiophene rings is 1. The maximum Gasteiger partial charge on any atom is 0.267 e. The molecule has 1 N–H and O–H groups in total. The zero-order valence-electron chi connectivity index (χ0n) is 7.64. The summed E-state index contributed by atoms with van der Waals surface area (Å²) in [6.45, 7) is 0. The van der Waals surface area contributed by atoms with Gasteiger partial charge in [0.15, 0.2) is 10.3 Å². The van der Waals surface area contributed by atoms with Crippen LogP contribution in [0.15, 0.2) is 22.7 Å². The second-order valence-corrected chi connectivity index (χ2v) is 4.92. The molecule has 2 rings (SSSR count). The van der Waals surface area contributed by atoms with Gasteiger partial charge >= 0.3 is 0 Å². The van der Waals surface area contributed by atoms with Crippen LogP contribution in [0.1, 0.15) is 9.67 Å². The molecule has 0 aliphatic carbocycles. The smallest absolute Gasteiger partial charge is 0.267 e. The molecule has 0 aromatic carbocycles. The van der Waals surface area contributed by atoms with Crippen molar-refractivity contribution in [1.29, 1.82) is 0 Å². The van der Waals surface area contributed by atoms with Crippen LogP contribution in [-0.4, -0.2) is 10.9 Å². The van der Waals surface area contributed by atoms with Crippen molar-refractivity contribution in [2.45, 2.75) is 0 Å². The minimum atomic E-state index is -0.280. The molecule has 82 valence electrons. The molecule has 0 spiro atoms. The zero-order chi connectivity index (χ0) is 11.5. The number of hydrogen-bond donors (Lipinski definition) is 1. The molecule has 0 aliphatic rings. The van der Waals surface area contributed by atoms with E-state index in [-0.39, 0.29) is 21.2 Å². The molecule has 5 nitrogen and oxygen atoms in total. The minimum absolute atomic E-state index is 0.00137. The molecule has 0 saturated heterocycles. The van der Waals surface area contributed by atoms with Gasteiger partial charge in [-0.25, -0.2) is 4.98 Å². The number of hydrogen-bond acceptors (Lipinski definition) is 6. The third kappa shape index (κ3) is 2.26. The first-order valence-electron chi connectivity index (χ1n) is 4.05. The number of nitrogens with one attached hydrogen (secondary N) is 1. The molecule has 0 unspecified atom stereocenters. The third-order valence-corrected chi connectivity index (χ3v) is 3.71. The predicted octanol–water partition coefficient (Wildman–Crippen LogP) is 3.51. The summed E-state index contributed by atoms with van der Waals surface area (Å²) in [5.41, 5.74) is 0. The van der Waals surface area contributed by atoms with Gasteiger partial charge in [-0.05, 0) is 16.6 Å². The summed E-state index contributed by atoms with van der Waals surface area (Å²) in [4.78, 5) is 26.2. The number of anilines is 1. The molecule has 0 atom stereocenters. The zero-order valence-corrected chi connectivity index (χ0v) is 10.0. The SMILES string of the molecule is O=Nc1sc(NC(=O)c2cccs2)nc1Cl. The van der Waals surface area contributed by atoms with Crippen molar-refractivity contribution < 1.29 is 4.79 Å². The maximum atomic E-state index is 11.6. The number of carbonyl (C=O) groups is 1. The number of amides is 1. The van der Waals surface area contributed by atoms with Gasteiger partial charge in [-0.2, -0.15) is 0 Å². The van der Waals surface area contributed by atoms with Crippen molar-refractivity contribution in [3.05, 3.63) is 32.5 Å². The van der Waals surface area contributed by atoms with E-state index in [4.69, 9.17) is 11.6 Å². The molecule has 16 heavy (non-hydrogen) atoms. The monoisotopic (exact) mass is 273 g/mol. The maximum absolute atomic E-state index is 11.6. The number of nitrogens with zero attached hydrogens (tertiary/aromatic N) is 2. The summed E-state index contributed by atoms with van der Waals surface area (Å²) < 4.78 is 0. The summed E-state index contributed by atoms with van der Waals surface area (Å²) in [6, 6.07) is 3.46. The van der Waals surface area contributed by atoms with E-state index in [1.54, 1.807) is 17.5 Å². The number of nitroso groups, excluding NO2 is 1. The lowest BCUT2D eigenvalue weighted by Crippen LogP contribution is -2.09. The number of carbonyl (C=O) groups excluding carboxylic acids is 1. The highest BCUT2D eigenvalue weighted by molar-refractivity contribution is 7.20. The first kappa shape index (κ1) is 11.2. The Morgan fingerprint density at radius 2 is 2.38 bits per heavy atom. The first-order chi connectivity index (χ1) is 7.70. The number of thiazole rings is 1. The fourth-order valence-electron chi connectivity index (χ4n) is 0.970. The summed E-state index contributed by atoms with van der Waals surface area (Å²) in [5, 5.41) is 7.34. The van der Waals surface area contributed by atoms with Crippen LogP contribution in [0.25, 0.3) is 0 Å². The molecule has 2 aromatic rings. The second-order valence-electron chi connectivity index (χ2n) is 2.64. The van der Waals surface area contributed by atoms with E-state index in [0.29, 0.717) is 4.88 Å². The molecule has 2 aromatic heterocycles. The van der Waals surface area contributed by atoms with Crippen molar-refractivity contribution in [3.63, 3.8) is 0 Å². The second kappa shape index (κ2) is 4.69. The van der Waals surface area contributed by atoms with Gasteiger partial charge in [-0.15, -0.1) is 16.2 Å². The predicted molar refractivity (Wildman–Crippen MR) is 64.9 cm³/mol. The Balaban J connectivity index is 2.15. The van der Waals surface area contributed by atoms with Crippen molar-refractivity contribution in [3.8, 4) is 0 Å². The van der Waals surface area contributed by atoms with Crippen molar-refractivity contribution in [1.82, 2.24) is 4.98 Å². The van der Waals surface area contributed by atoms with Gasteiger partial charge in [0, 0.05) is 0 Å². The molecule has 0 saturated carbocycles. The van der Waals surface area contributed by atoms with Crippen LogP contribution in [-0.2, 0) is 0 Å². The van der Waals surface area contributed by atoms with E-state index in [0.717, 1.165) is 11.3 Å². The van der Waals surface area contributed by atoms with Crippen LogP contribution in [0, 0.1) is 4.91 Å². The average Bonchev–Trinajstić information content (AvgIpc) is 2.87. The summed E-state index contributed by atoms with van der Waals surface area (Å²) in [5.74, 6) is -0.280. The van der Waals surface area contributed by atoms with Crippen molar-refractivity contribution >= 4 is 50.3 Å². The topological polar surface area (TPSA) is 71.4 Å². The largest absolute Gasteiger partial charge is 0.297 e. The highest BCUT2D eigenvalue weighted by atomic mass is 35.5. The van der Waals surface area contributed by atoms with Crippen LogP contribution in [0.2, 0.25) is 5.15 Å². The Morgan fingerprint density at radius 3 is 2.94 bits per heavy atom. The Kier molecular flexibility index (Phi) is 3.28. The molecule has 8 heteroatoms. The van der Waals surface area contributed by atoms with Gasteiger partial charge in [0.25, 0.3) is 5.91 Å². The fourth-order valence-corrected chi connectivity index (χ4v) is 2.50. The fraction of sp³-hybridized carbons (Fsp3) is 0. The number of aromatic nitrogens is 1. The normalized spacial score (nSPS) is 10.1. The highest BCUT2D eigenvalue weighted by Gasteiger charge is 2.13. The van der Waals surface area contributed by atoms with Crippen molar-refractivity contribution in [2.75, 3.05) is 5.32 Å². The lowest BCUT2D eigenvalue weighted by atomic mass is 10.4. The van der Waals surface area contributed by atoms with Gasteiger partial charge < -0.3 is 0 Å². The van der Waals surface area contributed by atoms with Crippen LogP contribution >= 0.6 is 34.3 Å². The molecular formula is C8H4ClN3O2S2. The highest BCUT2D eigenvalue weighted by Crippen LogP contribution is 2.34. The summed E-state index contributed by atoms with van der Waals surface area (Å²) in [7, 11) is 0. The van der Waals surface area contributed by atoms with E-state index >= 15 is 0 Å². The standard InChI is InChI=1S/C8H4ClN3O2S2/c9-5-7(12-14)16-8(10-5)11-6(13)4-2-1-3-15-4/h1-3H,(H,10,11,13). The first-order valence-corrected chi connectivity index (χ1v) is 6.12. The van der Waals surface area contributed by atoms with E-state index < -0.39 is 0 Å². The van der Waals surface area contributed by atoms with E-state index in [2.05, 4.69) is 15.5 Å². The molecule has 0 bridgehead atoms. The van der Waals surface area contributed by atoms with Crippen LogP contribution in [0.5, 0.6) is 0 Å². The van der Waals surface area contributed by atoms with Crippen LogP contribution in [0.3, 0.4) is 0 Å². The Labute approximate surface area is 103 Å².